The normalized spacial score (nSPS) is 13.3. The van der Waals surface area contributed by atoms with Crippen LogP contribution in [0.4, 0.5) is 0 Å². The van der Waals surface area contributed by atoms with Gasteiger partial charge in [-0.25, -0.2) is 0 Å². The van der Waals surface area contributed by atoms with Crippen molar-refractivity contribution in [1.29, 1.82) is 0 Å². The standard InChI is InChI=1S/C16H23Br2O4P/c1-15(2,3)11-7-9(14(19)23(20,21)22)13(18)12(10(11)8-17)16(4,5)6/h7H,8H2,1-6H3,(H2,20,21,22). The van der Waals surface area contributed by atoms with Gasteiger partial charge in [0, 0.05) is 15.4 Å². The summed E-state index contributed by atoms with van der Waals surface area (Å²) in [6.45, 7) is 12.1. The van der Waals surface area contributed by atoms with Gasteiger partial charge < -0.3 is 9.79 Å². The van der Waals surface area contributed by atoms with Crippen molar-refractivity contribution in [3.05, 3.63) is 32.8 Å². The summed E-state index contributed by atoms with van der Waals surface area (Å²) in [5, 5.41) is 0.592. The van der Waals surface area contributed by atoms with Crippen molar-refractivity contribution in [2.24, 2.45) is 0 Å². The van der Waals surface area contributed by atoms with Crippen molar-refractivity contribution >= 4 is 45.0 Å². The number of carbonyl (C=O) groups is 1. The second kappa shape index (κ2) is 6.72. The van der Waals surface area contributed by atoms with Gasteiger partial charge in [0.05, 0.1) is 0 Å². The van der Waals surface area contributed by atoms with Gasteiger partial charge >= 0.3 is 7.60 Å². The lowest BCUT2D eigenvalue weighted by atomic mass is 9.76. The molecule has 2 N–H and O–H groups in total. The molecule has 1 rings (SSSR count). The van der Waals surface area contributed by atoms with E-state index in [9.17, 15) is 19.1 Å². The predicted octanol–water partition coefficient (Wildman–Crippen LogP) is 5.26. The summed E-state index contributed by atoms with van der Waals surface area (Å²) in [6.07, 6.45) is 0. The van der Waals surface area contributed by atoms with Crippen molar-refractivity contribution in [3.8, 4) is 0 Å². The highest BCUT2D eigenvalue weighted by Gasteiger charge is 2.35. The van der Waals surface area contributed by atoms with Gasteiger partial charge in [0.15, 0.2) is 0 Å². The van der Waals surface area contributed by atoms with E-state index in [1.54, 1.807) is 6.07 Å². The van der Waals surface area contributed by atoms with Gasteiger partial charge in [0.2, 0.25) is 0 Å². The third kappa shape index (κ3) is 4.55. The summed E-state index contributed by atoms with van der Waals surface area (Å²) >= 11 is 6.94. The number of benzene rings is 1. The van der Waals surface area contributed by atoms with Gasteiger partial charge in [-0.3, -0.25) is 9.36 Å². The molecule has 0 aliphatic heterocycles. The highest BCUT2D eigenvalue weighted by molar-refractivity contribution is 9.10. The molecule has 130 valence electrons. The molecular weight excluding hydrogens is 447 g/mol. The first-order valence-electron chi connectivity index (χ1n) is 7.15. The molecule has 0 aliphatic rings. The van der Waals surface area contributed by atoms with Crippen LogP contribution in [0, 0.1) is 0 Å². The van der Waals surface area contributed by atoms with Crippen LogP contribution < -0.4 is 0 Å². The number of carbonyl (C=O) groups excluding carboxylic acids is 1. The predicted molar refractivity (Wildman–Crippen MR) is 101 cm³/mol. The van der Waals surface area contributed by atoms with Crippen LogP contribution >= 0.6 is 39.5 Å². The van der Waals surface area contributed by atoms with Crippen LogP contribution in [-0.2, 0) is 20.7 Å². The quantitative estimate of drug-likeness (QED) is 0.467. The molecule has 7 heteroatoms. The Morgan fingerprint density at radius 1 is 1.13 bits per heavy atom. The van der Waals surface area contributed by atoms with Gasteiger partial charge in [-0.15, -0.1) is 0 Å². The molecule has 1 aromatic rings. The summed E-state index contributed by atoms with van der Waals surface area (Å²) in [5.41, 5.74) is 1.15. The zero-order valence-corrected chi connectivity index (χ0v) is 18.3. The van der Waals surface area contributed by atoms with E-state index in [1.165, 1.54) is 0 Å². The van der Waals surface area contributed by atoms with E-state index in [0.29, 0.717) is 9.80 Å². The maximum absolute atomic E-state index is 12.2. The first kappa shape index (κ1) is 21.0. The molecule has 4 nitrogen and oxygen atoms in total. The SMILES string of the molecule is CC(C)(C)c1cc(C(=O)P(=O)(O)O)c(Br)c(C(C)(C)C)c1CBr. The second-order valence-corrected chi connectivity index (χ2v) is 10.5. The Bertz CT molecular complexity index is 679. The molecule has 0 aliphatic carbocycles. The lowest BCUT2D eigenvalue weighted by molar-refractivity contribution is 0.104. The van der Waals surface area contributed by atoms with Crippen LogP contribution in [0.1, 0.15) is 68.6 Å². The largest absolute Gasteiger partial charge is 0.396 e. The van der Waals surface area contributed by atoms with Gasteiger partial charge in [-0.1, -0.05) is 57.5 Å². The zero-order chi connectivity index (χ0) is 18.4. The molecule has 23 heavy (non-hydrogen) atoms. The molecule has 0 amide bonds. The average molecular weight is 470 g/mol. The van der Waals surface area contributed by atoms with Crippen LogP contribution in [0.2, 0.25) is 0 Å². The number of halogens is 2. The van der Waals surface area contributed by atoms with E-state index in [4.69, 9.17) is 0 Å². The lowest BCUT2D eigenvalue weighted by Gasteiger charge is -2.32. The fraction of sp³-hybridized carbons (Fsp3) is 0.562. The van der Waals surface area contributed by atoms with Crippen LogP contribution in [0.3, 0.4) is 0 Å². The number of alkyl halides is 1. The first-order chi connectivity index (χ1) is 10.1. The van der Waals surface area contributed by atoms with E-state index in [-0.39, 0.29) is 16.4 Å². The Labute approximate surface area is 154 Å². The minimum atomic E-state index is -4.85. The molecule has 0 fully saturated rings. The second-order valence-electron chi connectivity index (χ2n) is 7.62. The van der Waals surface area contributed by atoms with Crippen molar-refractivity contribution in [2.75, 3.05) is 0 Å². The van der Waals surface area contributed by atoms with Crippen LogP contribution in [-0.4, -0.2) is 15.3 Å². The van der Waals surface area contributed by atoms with Crippen molar-refractivity contribution < 1.29 is 19.1 Å². The third-order valence-corrected chi connectivity index (χ3v) is 5.71. The maximum atomic E-state index is 12.2. The first-order valence-corrected chi connectivity index (χ1v) is 10.7. The Morgan fingerprint density at radius 2 is 1.61 bits per heavy atom. The minimum Gasteiger partial charge on any atom is -0.319 e. The summed E-state index contributed by atoms with van der Waals surface area (Å²) in [6, 6.07) is 1.61. The summed E-state index contributed by atoms with van der Waals surface area (Å²) in [5.74, 6) is 0. The van der Waals surface area contributed by atoms with Crippen LogP contribution in [0.25, 0.3) is 0 Å². The summed E-state index contributed by atoms with van der Waals surface area (Å²) < 4.78 is 11.9. The molecule has 0 heterocycles. The van der Waals surface area contributed by atoms with Crippen molar-refractivity contribution in [1.82, 2.24) is 0 Å². The van der Waals surface area contributed by atoms with Crippen LogP contribution in [0.5, 0.6) is 0 Å². The number of rotatable bonds is 3. The fourth-order valence-corrected chi connectivity index (χ4v) is 4.95. The van der Waals surface area contributed by atoms with Crippen molar-refractivity contribution in [2.45, 2.75) is 57.7 Å². The molecule has 1 aromatic carbocycles. The lowest BCUT2D eigenvalue weighted by Crippen LogP contribution is -2.23. The van der Waals surface area contributed by atoms with E-state index >= 15 is 0 Å². The van der Waals surface area contributed by atoms with Crippen LogP contribution in [0.15, 0.2) is 10.5 Å². The highest BCUT2D eigenvalue weighted by Crippen LogP contribution is 2.46. The number of hydrogen-bond acceptors (Lipinski definition) is 2. The molecular formula is C16H23Br2O4P. The molecule has 0 spiro atoms. The third-order valence-electron chi connectivity index (χ3n) is 3.56. The van der Waals surface area contributed by atoms with Gasteiger partial charge in [0.25, 0.3) is 5.52 Å². The molecule has 0 unspecified atom stereocenters. The molecule has 0 saturated carbocycles. The van der Waals surface area contributed by atoms with Gasteiger partial charge in [-0.05, 0) is 49.5 Å². The monoisotopic (exact) mass is 468 g/mol. The topological polar surface area (TPSA) is 74.6 Å². The highest BCUT2D eigenvalue weighted by atomic mass is 79.9. The Kier molecular flexibility index (Phi) is 6.15. The average Bonchev–Trinajstić information content (AvgIpc) is 2.32. The van der Waals surface area contributed by atoms with E-state index in [1.807, 2.05) is 41.5 Å². The van der Waals surface area contributed by atoms with E-state index in [0.717, 1.165) is 16.7 Å². The molecule has 0 atom stereocenters. The fourth-order valence-electron chi connectivity index (χ4n) is 2.60. The number of hydrogen-bond donors (Lipinski definition) is 2. The molecule has 0 aromatic heterocycles. The smallest absolute Gasteiger partial charge is 0.319 e. The zero-order valence-electron chi connectivity index (χ0n) is 14.2. The van der Waals surface area contributed by atoms with Gasteiger partial charge in [-0.2, -0.15) is 0 Å². The Morgan fingerprint density at radius 3 is 1.91 bits per heavy atom. The Hall–Kier alpha value is -0.000000000000000111. The van der Waals surface area contributed by atoms with Crippen molar-refractivity contribution in [3.63, 3.8) is 0 Å². The molecule has 0 radical (unpaired) electrons. The van der Waals surface area contributed by atoms with E-state index in [2.05, 4.69) is 31.9 Å². The molecule has 0 bridgehead atoms. The minimum absolute atomic E-state index is 0.0397. The summed E-state index contributed by atoms with van der Waals surface area (Å²) in [4.78, 5) is 30.9. The molecule has 0 saturated heterocycles. The maximum Gasteiger partial charge on any atom is 0.396 e. The van der Waals surface area contributed by atoms with Gasteiger partial charge in [0.1, 0.15) is 0 Å². The summed E-state index contributed by atoms with van der Waals surface area (Å²) in [7, 11) is -4.85. The Balaban J connectivity index is 3.97. The van der Waals surface area contributed by atoms with E-state index < -0.39 is 13.1 Å².